The molecule has 112 valence electrons. The maximum absolute atomic E-state index is 12.2. The van der Waals surface area contributed by atoms with Crippen LogP contribution in [-0.2, 0) is 5.41 Å². The molecule has 20 heavy (non-hydrogen) atoms. The Morgan fingerprint density at radius 1 is 1.40 bits per heavy atom. The molecule has 0 unspecified atom stereocenters. The first-order valence-corrected chi connectivity index (χ1v) is 7.12. The van der Waals surface area contributed by atoms with E-state index < -0.39 is 0 Å². The van der Waals surface area contributed by atoms with Crippen molar-refractivity contribution in [3.05, 3.63) is 28.5 Å². The van der Waals surface area contributed by atoms with Crippen molar-refractivity contribution in [2.75, 3.05) is 6.61 Å². The number of aliphatic hydroxyl groups excluding tert-OH is 1. The Balaban J connectivity index is 3.02. The van der Waals surface area contributed by atoms with Gasteiger partial charge >= 0.3 is 0 Å². The number of aliphatic hydroxyl groups is 1. The zero-order chi connectivity index (χ0) is 15.5. The number of amides is 1. The van der Waals surface area contributed by atoms with Crippen molar-refractivity contribution in [1.29, 1.82) is 0 Å². The van der Waals surface area contributed by atoms with Gasteiger partial charge in [-0.05, 0) is 18.1 Å². The number of carbonyl (C=O) groups excluding carboxylic acids is 1. The molecule has 0 saturated carbocycles. The van der Waals surface area contributed by atoms with Crippen molar-refractivity contribution in [3.63, 3.8) is 0 Å². The predicted molar refractivity (Wildman–Crippen MR) is 81.1 cm³/mol. The van der Waals surface area contributed by atoms with Gasteiger partial charge in [0.25, 0.3) is 5.91 Å². The number of rotatable bonds is 4. The van der Waals surface area contributed by atoms with E-state index in [4.69, 9.17) is 11.6 Å². The largest absolute Gasteiger partial charge is 0.394 e. The molecule has 1 rings (SSSR count). The summed E-state index contributed by atoms with van der Waals surface area (Å²) in [6.07, 6.45) is 0. The Morgan fingerprint density at radius 3 is 2.45 bits per heavy atom. The average molecular weight is 299 g/mol. The second-order valence-electron chi connectivity index (χ2n) is 6.32. The van der Waals surface area contributed by atoms with Crippen LogP contribution in [0.3, 0.4) is 0 Å². The number of carbonyl (C=O) groups is 1. The maximum Gasteiger partial charge on any atom is 0.251 e. The fourth-order valence-corrected chi connectivity index (χ4v) is 1.90. The van der Waals surface area contributed by atoms with Crippen LogP contribution in [0.1, 0.15) is 50.7 Å². The first kappa shape index (κ1) is 16.9. The number of hydrogen-bond donors (Lipinski definition) is 2. The Hall–Kier alpha value is -1.13. The summed E-state index contributed by atoms with van der Waals surface area (Å²) in [5.74, 6) is -0.0871. The third-order valence-corrected chi connectivity index (χ3v) is 3.34. The molecule has 1 amide bonds. The van der Waals surface area contributed by atoms with E-state index in [0.29, 0.717) is 10.7 Å². The second-order valence-corrected chi connectivity index (χ2v) is 6.71. The van der Waals surface area contributed by atoms with Crippen LogP contribution in [-0.4, -0.2) is 28.6 Å². The van der Waals surface area contributed by atoms with Crippen molar-refractivity contribution in [3.8, 4) is 0 Å². The van der Waals surface area contributed by atoms with Gasteiger partial charge in [0.05, 0.1) is 12.6 Å². The molecule has 1 atom stereocenters. The van der Waals surface area contributed by atoms with Gasteiger partial charge in [-0.3, -0.25) is 4.79 Å². The SMILES string of the molecule is CC(C)[C@@H](CO)NC(=O)c1cc(Cl)nc(C(C)(C)C)c1. The van der Waals surface area contributed by atoms with Crippen molar-refractivity contribution in [1.82, 2.24) is 10.3 Å². The highest BCUT2D eigenvalue weighted by molar-refractivity contribution is 6.29. The monoisotopic (exact) mass is 298 g/mol. The number of nitrogens with one attached hydrogen (secondary N) is 1. The van der Waals surface area contributed by atoms with Gasteiger partial charge in [-0.15, -0.1) is 0 Å². The molecule has 0 fully saturated rings. The summed E-state index contributed by atoms with van der Waals surface area (Å²) >= 11 is 5.99. The van der Waals surface area contributed by atoms with Crippen LogP contribution in [0.25, 0.3) is 0 Å². The minimum absolute atomic E-state index is 0.0889. The Kier molecular flexibility index (Phi) is 5.54. The molecule has 1 aromatic rings. The Bertz CT molecular complexity index is 481. The quantitative estimate of drug-likeness (QED) is 0.840. The van der Waals surface area contributed by atoms with E-state index in [1.54, 1.807) is 12.1 Å². The number of hydrogen-bond acceptors (Lipinski definition) is 3. The van der Waals surface area contributed by atoms with Crippen LogP contribution in [0.15, 0.2) is 12.1 Å². The van der Waals surface area contributed by atoms with Gasteiger partial charge < -0.3 is 10.4 Å². The molecule has 2 N–H and O–H groups in total. The van der Waals surface area contributed by atoms with Gasteiger partial charge in [-0.1, -0.05) is 46.2 Å². The fraction of sp³-hybridized carbons (Fsp3) is 0.600. The summed E-state index contributed by atoms with van der Waals surface area (Å²) in [7, 11) is 0. The molecule has 5 heteroatoms. The molecule has 0 aliphatic rings. The van der Waals surface area contributed by atoms with E-state index in [-0.39, 0.29) is 29.9 Å². The normalized spacial score (nSPS) is 13.4. The first-order valence-electron chi connectivity index (χ1n) is 6.75. The maximum atomic E-state index is 12.2. The van der Waals surface area contributed by atoms with E-state index in [1.807, 2.05) is 34.6 Å². The lowest BCUT2D eigenvalue weighted by molar-refractivity contribution is 0.0896. The molecule has 0 radical (unpaired) electrons. The van der Waals surface area contributed by atoms with Crippen LogP contribution in [0, 0.1) is 5.92 Å². The van der Waals surface area contributed by atoms with Crippen molar-refractivity contribution >= 4 is 17.5 Å². The fourth-order valence-electron chi connectivity index (χ4n) is 1.69. The number of aromatic nitrogens is 1. The van der Waals surface area contributed by atoms with Gasteiger partial charge in [0.2, 0.25) is 0 Å². The van der Waals surface area contributed by atoms with Crippen LogP contribution >= 0.6 is 11.6 Å². The van der Waals surface area contributed by atoms with Gasteiger partial charge in [0.15, 0.2) is 0 Å². The van der Waals surface area contributed by atoms with E-state index in [9.17, 15) is 9.90 Å². The van der Waals surface area contributed by atoms with Gasteiger partial charge in [0.1, 0.15) is 5.15 Å². The predicted octanol–water partition coefficient (Wildman–Crippen LogP) is 2.78. The highest BCUT2D eigenvalue weighted by atomic mass is 35.5. The summed E-state index contributed by atoms with van der Waals surface area (Å²) in [6, 6.07) is 3.02. The summed E-state index contributed by atoms with van der Waals surface area (Å²) < 4.78 is 0. The number of halogens is 1. The lowest BCUT2D eigenvalue weighted by Crippen LogP contribution is -2.41. The highest BCUT2D eigenvalue weighted by Gasteiger charge is 2.21. The van der Waals surface area contributed by atoms with Crippen molar-refractivity contribution < 1.29 is 9.90 Å². The molecular weight excluding hydrogens is 276 g/mol. The van der Waals surface area contributed by atoms with E-state index in [2.05, 4.69) is 10.3 Å². The standard InChI is InChI=1S/C15H23ClN2O2/c1-9(2)11(8-19)17-14(20)10-6-12(15(3,4)5)18-13(16)7-10/h6-7,9,11,19H,8H2,1-5H3,(H,17,20)/t11-/m1/s1. The molecule has 0 aromatic carbocycles. The zero-order valence-electron chi connectivity index (χ0n) is 12.7. The average Bonchev–Trinajstić information content (AvgIpc) is 2.33. The molecule has 0 spiro atoms. The van der Waals surface area contributed by atoms with Gasteiger partial charge in [-0.2, -0.15) is 0 Å². The molecule has 0 saturated heterocycles. The van der Waals surface area contributed by atoms with E-state index in [1.165, 1.54) is 0 Å². The molecular formula is C15H23ClN2O2. The Labute approximate surface area is 125 Å². The van der Waals surface area contributed by atoms with E-state index >= 15 is 0 Å². The summed E-state index contributed by atoms with van der Waals surface area (Å²) in [5, 5.41) is 12.4. The number of nitrogens with zero attached hydrogens (tertiary/aromatic N) is 1. The number of pyridine rings is 1. The minimum atomic E-state index is -0.271. The van der Waals surface area contributed by atoms with Crippen LogP contribution in [0.2, 0.25) is 5.15 Å². The summed E-state index contributed by atoms with van der Waals surface area (Å²) in [5.41, 5.74) is 1.04. The Morgan fingerprint density at radius 2 is 2.00 bits per heavy atom. The highest BCUT2D eigenvalue weighted by Crippen LogP contribution is 2.23. The molecule has 0 aliphatic heterocycles. The third-order valence-electron chi connectivity index (χ3n) is 3.14. The topological polar surface area (TPSA) is 62.2 Å². The minimum Gasteiger partial charge on any atom is -0.394 e. The van der Waals surface area contributed by atoms with Crippen molar-refractivity contribution in [2.24, 2.45) is 5.92 Å². The third kappa shape index (κ3) is 4.46. The molecule has 1 aromatic heterocycles. The van der Waals surface area contributed by atoms with Gasteiger partial charge in [0, 0.05) is 16.7 Å². The van der Waals surface area contributed by atoms with Gasteiger partial charge in [-0.25, -0.2) is 4.98 Å². The summed E-state index contributed by atoms with van der Waals surface area (Å²) in [6.45, 7) is 9.84. The van der Waals surface area contributed by atoms with Crippen LogP contribution < -0.4 is 5.32 Å². The smallest absolute Gasteiger partial charge is 0.251 e. The van der Waals surface area contributed by atoms with Crippen LogP contribution in [0.4, 0.5) is 0 Å². The summed E-state index contributed by atoms with van der Waals surface area (Å²) in [4.78, 5) is 16.5. The first-order chi connectivity index (χ1) is 9.15. The second kappa shape index (κ2) is 6.55. The lowest BCUT2D eigenvalue weighted by atomic mass is 9.90. The molecule has 4 nitrogen and oxygen atoms in total. The lowest BCUT2D eigenvalue weighted by Gasteiger charge is -2.21. The van der Waals surface area contributed by atoms with E-state index in [0.717, 1.165) is 5.69 Å². The van der Waals surface area contributed by atoms with Crippen LogP contribution in [0.5, 0.6) is 0 Å². The van der Waals surface area contributed by atoms with Crippen molar-refractivity contribution in [2.45, 2.75) is 46.1 Å². The molecule has 1 heterocycles. The zero-order valence-corrected chi connectivity index (χ0v) is 13.5. The molecule has 0 aliphatic carbocycles. The molecule has 0 bridgehead atoms.